The van der Waals surface area contributed by atoms with Crippen LogP contribution in [0, 0.1) is 5.92 Å². The Kier molecular flexibility index (Phi) is 8.34. The van der Waals surface area contributed by atoms with E-state index in [-0.39, 0.29) is 18.4 Å². The quantitative estimate of drug-likeness (QED) is 0.650. The highest BCUT2D eigenvalue weighted by Gasteiger charge is 2.19. The first kappa shape index (κ1) is 21.0. The largest absolute Gasteiger partial charge is 0.493 e. The Morgan fingerprint density at radius 1 is 1.04 bits per heavy atom. The third kappa shape index (κ3) is 6.40. The number of hydrogen-bond acceptors (Lipinski definition) is 3. The zero-order valence-corrected chi connectivity index (χ0v) is 16.5. The molecule has 0 aromatic heterocycles. The van der Waals surface area contributed by atoms with Crippen molar-refractivity contribution in [3.63, 3.8) is 0 Å². The maximum Gasteiger partial charge on any atom is 0.227 e. The second-order valence-electron chi connectivity index (χ2n) is 7.15. The van der Waals surface area contributed by atoms with Gasteiger partial charge in [-0.05, 0) is 42.5 Å². The smallest absolute Gasteiger partial charge is 0.227 e. The molecule has 0 spiro atoms. The van der Waals surface area contributed by atoms with Crippen LogP contribution in [0.25, 0.3) is 0 Å². The number of carbonyl (C=O) groups is 1. The molecule has 0 heterocycles. The fourth-order valence-corrected chi connectivity index (χ4v) is 3.04. The lowest BCUT2D eigenvalue weighted by atomic mass is 9.99. The van der Waals surface area contributed by atoms with Gasteiger partial charge in [0.1, 0.15) is 5.75 Å². The minimum Gasteiger partial charge on any atom is -0.493 e. The van der Waals surface area contributed by atoms with Crippen LogP contribution in [0.2, 0.25) is 0 Å². The van der Waals surface area contributed by atoms with Crippen molar-refractivity contribution in [1.29, 1.82) is 0 Å². The second kappa shape index (κ2) is 10.7. The molecule has 2 aromatic carbocycles. The molecule has 0 saturated carbocycles. The van der Waals surface area contributed by atoms with Crippen LogP contribution < -0.4 is 10.1 Å². The van der Waals surface area contributed by atoms with E-state index in [1.807, 2.05) is 61.5 Å². The van der Waals surface area contributed by atoms with E-state index in [2.05, 4.69) is 19.2 Å². The highest BCUT2D eigenvalue weighted by molar-refractivity contribution is 5.83. The first-order chi connectivity index (χ1) is 13.0. The van der Waals surface area contributed by atoms with Gasteiger partial charge in [0.2, 0.25) is 5.91 Å². The van der Waals surface area contributed by atoms with Crippen LogP contribution in [0.3, 0.4) is 0 Å². The number of aliphatic hydroxyl groups excluding tert-OH is 1. The molecule has 27 heavy (non-hydrogen) atoms. The van der Waals surface area contributed by atoms with Gasteiger partial charge in [-0.1, -0.05) is 62.7 Å². The van der Waals surface area contributed by atoms with Crippen molar-refractivity contribution in [3.8, 4) is 5.75 Å². The molecule has 0 fully saturated rings. The maximum absolute atomic E-state index is 12.5. The average molecular weight is 370 g/mol. The topological polar surface area (TPSA) is 58.6 Å². The van der Waals surface area contributed by atoms with Crippen LogP contribution in [0.5, 0.6) is 5.75 Å². The number of ether oxygens (including phenoxy) is 1. The van der Waals surface area contributed by atoms with Crippen LogP contribution in [-0.2, 0) is 4.79 Å². The summed E-state index contributed by atoms with van der Waals surface area (Å²) in [6.07, 6.45) is 2.30. The van der Waals surface area contributed by atoms with Crippen LogP contribution in [0.15, 0.2) is 54.6 Å². The summed E-state index contributed by atoms with van der Waals surface area (Å²) in [5.41, 5.74) is 1.82. The van der Waals surface area contributed by atoms with Crippen LogP contribution in [0.4, 0.5) is 0 Å². The zero-order chi connectivity index (χ0) is 19.6. The van der Waals surface area contributed by atoms with E-state index in [1.54, 1.807) is 0 Å². The molecule has 0 aliphatic rings. The third-order valence-corrected chi connectivity index (χ3v) is 4.79. The lowest BCUT2D eigenvalue weighted by Crippen LogP contribution is -2.33. The summed E-state index contributed by atoms with van der Waals surface area (Å²) in [5.74, 6) is 0.956. The highest BCUT2D eigenvalue weighted by atomic mass is 16.5. The Bertz CT molecular complexity index is 685. The van der Waals surface area contributed by atoms with Gasteiger partial charge >= 0.3 is 0 Å². The van der Waals surface area contributed by atoms with E-state index in [9.17, 15) is 9.90 Å². The van der Waals surface area contributed by atoms with Crippen LogP contribution in [0.1, 0.15) is 56.7 Å². The summed E-state index contributed by atoms with van der Waals surface area (Å²) >= 11 is 0. The van der Waals surface area contributed by atoms with Gasteiger partial charge in [0.25, 0.3) is 0 Å². The Balaban J connectivity index is 1.95. The van der Waals surface area contributed by atoms with Crippen molar-refractivity contribution >= 4 is 5.91 Å². The van der Waals surface area contributed by atoms with Gasteiger partial charge in [-0.25, -0.2) is 0 Å². The molecule has 146 valence electrons. The SMILES string of the molecule is CCCC(C)COc1ccc([C@H](CO)NC(=O)[C@@H](C)c2ccccc2)cc1. The molecule has 0 aliphatic carbocycles. The van der Waals surface area contributed by atoms with E-state index < -0.39 is 6.04 Å². The molecule has 0 saturated heterocycles. The summed E-state index contributed by atoms with van der Waals surface area (Å²) in [6, 6.07) is 16.8. The maximum atomic E-state index is 12.5. The molecule has 1 unspecified atom stereocenters. The first-order valence-electron chi connectivity index (χ1n) is 9.74. The molecular weight excluding hydrogens is 338 g/mol. The molecule has 0 radical (unpaired) electrons. The number of hydrogen-bond donors (Lipinski definition) is 2. The van der Waals surface area contributed by atoms with Gasteiger partial charge in [-0.15, -0.1) is 0 Å². The van der Waals surface area contributed by atoms with Crippen molar-refractivity contribution in [2.24, 2.45) is 5.92 Å². The Hall–Kier alpha value is -2.33. The summed E-state index contributed by atoms with van der Waals surface area (Å²) in [6.45, 7) is 6.77. The van der Waals surface area contributed by atoms with Gasteiger partial charge in [0.15, 0.2) is 0 Å². The number of aliphatic hydroxyl groups is 1. The van der Waals surface area contributed by atoms with E-state index >= 15 is 0 Å². The molecule has 4 nitrogen and oxygen atoms in total. The highest BCUT2D eigenvalue weighted by Crippen LogP contribution is 2.21. The molecule has 2 rings (SSSR count). The minimum atomic E-state index is -0.434. The molecular formula is C23H31NO3. The van der Waals surface area contributed by atoms with E-state index in [0.717, 1.165) is 29.7 Å². The minimum absolute atomic E-state index is 0.103. The van der Waals surface area contributed by atoms with Gasteiger partial charge in [0.05, 0.1) is 25.2 Å². The van der Waals surface area contributed by atoms with Gasteiger partial charge in [-0.2, -0.15) is 0 Å². The molecule has 0 aliphatic heterocycles. The second-order valence-corrected chi connectivity index (χ2v) is 7.15. The lowest BCUT2D eigenvalue weighted by Gasteiger charge is -2.20. The Morgan fingerprint density at radius 2 is 1.70 bits per heavy atom. The fraction of sp³-hybridized carbons (Fsp3) is 0.435. The fourth-order valence-electron chi connectivity index (χ4n) is 3.04. The molecule has 4 heteroatoms. The van der Waals surface area contributed by atoms with Crippen molar-refractivity contribution in [1.82, 2.24) is 5.32 Å². The third-order valence-electron chi connectivity index (χ3n) is 4.79. The molecule has 2 aromatic rings. The number of benzene rings is 2. The summed E-state index contributed by atoms with van der Waals surface area (Å²) in [4.78, 5) is 12.5. The lowest BCUT2D eigenvalue weighted by molar-refractivity contribution is -0.123. The predicted molar refractivity (Wildman–Crippen MR) is 109 cm³/mol. The van der Waals surface area contributed by atoms with E-state index in [0.29, 0.717) is 12.5 Å². The van der Waals surface area contributed by atoms with Gasteiger partial charge < -0.3 is 15.2 Å². The standard InChI is InChI=1S/C23H31NO3/c1-4-8-17(2)16-27-21-13-11-20(12-14-21)22(15-25)24-23(26)18(3)19-9-6-5-7-10-19/h5-7,9-14,17-18,22,25H,4,8,15-16H2,1-3H3,(H,24,26)/t17?,18-,22-/m0/s1. The van der Waals surface area contributed by atoms with Crippen LogP contribution >= 0.6 is 0 Å². The Labute approximate surface area is 162 Å². The normalized spacial score (nSPS) is 14.2. The molecule has 3 atom stereocenters. The summed E-state index contributed by atoms with van der Waals surface area (Å²) in [7, 11) is 0. The summed E-state index contributed by atoms with van der Waals surface area (Å²) < 4.78 is 5.82. The molecule has 1 amide bonds. The van der Waals surface area contributed by atoms with Crippen molar-refractivity contribution < 1.29 is 14.6 Å². The molecule has 2 N–H and O–H groups in total. The Morgan fingerprint density at radius 3 is 2.30 bits per heavy atom. The number of carbonyl (C=O) groups excluding carboxylic acids is 1. The number of nitrogens with one attached hydrogen (secondary N) is 1. The van der Waals surface area contributed by atoms with Crippen molar-refractivity contribution in [2.45, 2.75) is 45.6 Å². The number of amides is 1. The van der Waals surface area contributed by atoms with E-state index in [1.165, 1.54) is 0 Å². The van der Waals surface area contributed by atoms with Gasteiger partial charge in [0, 0.05) is 0 Å². The van der Waals surface area contributed by atoms with Crippen molar-refractivity contribution in [3.05, 3.63) is 65.7 Å². The number of rotatable bonds is 10. The molecule has 0 bridgehead atoms. The zero-order valence-electron chi connectivity index (χ0n) is 16.5. The monoisotopic (exact) mass is 369 g/mol. The van der Waals surface area contributed by atoms with Gasteiger partial charge in [-0.3, -0.25) is 4.79 Å². The van der Waals surface area contributed by atoms with E-state index in [4.69, 9.17) is 4.74 Å². The predicted octanol–water partition coefficient (Wildman–Crippen LogP) is 4.45. The summed E-state index contributed by atoms with van der Waals surface area (Å²) in [5, 5.41) is 12.7. The first-order valence-corrected chi connectivity index (χ1v) is 9.74. The van der Waals surface area contributed by atoms with Crippen molar-refractivity contribution in [2.75, 3.05) is 13.2 Å². The van der Waals surface area contributed by atoms with Crippen LogP contribution in [-0.4, -0.2) is 24.2 Å². The average Bonchev–Trinajstić information content (AvgIpc) is 2.71.